The Hall–Kier alpha value is -2.53. The minimum absolute atomic E-state index is 0.0112. The summed E-state index contributed by atoms with van der Waals surface area (Å²) in [5.41, 5.74) is 4.17. The Morgan fingerprint density at radius 1 is 1.31 bits per heavy atom. The largest absolute Gasteiger partial charge is 0.490 e. The Bertz CT molecular complexity index is 926. The molecule has 0 fully saturated rings. The Labute approximate surface area is 156 Å². The van der Waals surface area contributed by atoms with Crippen molar-refractivity contribution in [1.82, 2.24) is 0 Å². The van der Waals surface area contributed by atoms with Crippen LogP contribution >= 0.6 is 11.6 Å². The topological polar surface area (TPSA) is 64.4 Å². The van der Waals surface area contributed by atoms with Gasteiger partial charge in [0.05, 0.1) is 18.1 Å². The van der Waals surface area contributed by atoms with Gasteiger partial charge >= 0.3 is 5.69 Å². The van der Waals surface area contributed by atoms with E-state index >= 15 is 0 Å². The highest BCUT2D eigenvalue weighted by Gasteiger charge is 2.40. The van der Waals surface area contributed by atoms with Gasteiger partial charge in [-0.25, -0.2) is 0 Å². The van der Waals surface area contributed by atoms with Crippen LogP contribution in [0.25, 0.3) is 0 Å². The number of rotatable bonds is 3. The van der Waals surface area contributed by atoms with E-state index in [0.717, 1.165) is 33.8 Å². The molecule has 2 aliphatic rings. The number of anilines is 1. The van der Waals surface area contributed by atoms with Crippen LogP contribution in [0.3, 0.4) is 0 Å². The van der Waals surface area contributed by atoms with Gasteiger partial charge in [-0.1, -0.05) is 35.9 Å². The molecule has 0 unspecified atom stereocenters. The third kappa shape index (κ3) is 2.54. The van der Waals surface area contributed by atoms with Gasteiger partial charge in [-0.15, -0.1) is 0 Å². The van der Waals surface area contributed by atoms with Crippen LogP contribution in [0.15, 0.2) is 42.5 Å². The number of nitro benzene ring substituents is 1. The van der Waals surface area contributed by atoms with E-state index < -0.39 is 4.92 Å². The molecule has 1 aliphatic heterocycles. The normalized spacial score (nSPS) is 23.1. The maximum atomic E-state index is 11.4. The van der Waals surface area contributed by atoms with Crippen LogP contribution in [0.5, 0.6) is 5.75 Å². The van der Waals surface area contributed by atoms with Gasteiger partial charge < -0.3 is 10.1 Å². The quantitative estimate of drug-likeness (QED) is 0.447. The Kier molecular flexibility index (Phi) is 4.11. The van der Waals surface area contributed by atoms with Crippen LogP contribution in [0, 0.1) is 23.0 Å². The average molecular weight is 371 g/mol. The number of fused-ring (bicyclic) bond motifs is 3. The van der Waals surface area contributed by atoms with E-state index in [0.29, 0.717) is 0 Å². The summed E-state index contributed by atoms with van der Waals surface area (Å²) in [6.07, 6.45) is 5.29. The second-order valence-corrected chi connectivity index (χ2v) is 7.22. The van der Waals surface area contributed by atoms with E-state index in [2.05, 4.69) is 24.4 Å². The minimum Gasteiger partial charge on any atom is -0.490 e. The average Bonchev–Trinajstić information content (AvgIpc) is 3.13. The number of nitrogens with one attached hydrogen (secondary N) is 1. The first-order valence-corrected chi connectivity index (χ1v) is 8.93. The zero-order valence-corrected chi connectivity index (χ0v) is 15.3. The summed E-state index contributed by atoms with van der Waals surface area (Å²) in [5.74, 6) is 0.759. The lowest BCUT2D eigenvalue weighted by molar-refractivity contribution is -0.385. The molecule has 26 heavy (non-hydrogen) atoms. The lowest BCUT2D eigenvalue weighted by Gasteiger charge is -2.38. The van der Waals surface area contributed by atoms with Gasteiger partial charge in [-0.3, -0.25) is 10.1 Å². The fourth-order valence-electron chi connectivity index (χ4n) is 4.18. The molecule has 4 rings (SSSR count). The molecule has 0 aromatic heterocycles. The zero-order chi connectivity index (χ0) is 18.4. The molecule has 0 spiro atoms. The zero-order valence-electron chi connectivity index (χ0n) is 14.5. The summed E-state index contributed by atoms with van der Waals surface area (Å²) in [7, 11) is 1.44. The second-order valence-electron chi connectivity index (χ2n) is 6.82. The predicted molar refractivity (Wildman–Crippen MR) is 102 cm³/mol. The summed E-state index contributed by atoms with van der Waals surface area (Å²) in [6, 6.07) is 9.12. The number of aryl methyl sites for hydroxylation is 1. The Balaban J connectivity index is 1.83. The van der Waals surface area contributed by atoms with Crippen molar-refractivity contribution in [2.24, 2.45) is 5.92 Å². The van der Waals surface area contributed by atoms with Crippen molar-refractivity contribution in [2.75, 3.05) is 12.4 Å². The SMILES string of the molecule is COc1ccc([C@H]2Nc3c(C)ccc(Cl)c3[C@@H]3C=CC[C@@H]23)cc1[N+](=O)[O-]. The first kappa shape index (κ1) is 16.9. The Morgan fingerprint density at radius 2 is 2.12 bits per heavy atom. The number of methoxy groups -OCH3 is 1. The molecule has 1 aliphatic carbocycles. The molecule has 2 aromatic carbocycles. The van der Waals surface area contributed by atoms with E-state index in [1.54, 1.807) is 12.1 Å². The van der Waals surface area contributed by atoms with E-state index in [1.165, 1.54) is 7.11 Å². The molecule has 0 bridgehead atoms. The second kappa shape index (κ2) is 6.32. The molecule has 5 nitrogen and oxygen atoms in total. The van der Waals surface area contributed by atoms with Crippen molar-refractivity contribution < 1.29 is 9.66 Å². The van der Waals surface area contributed by atoms with Crippen molar-refractivity contribution >= 4 is 23.0 Å². The number of hydrogen-bond acceptors (Lipinski definition) is 4. The molecule has 0 radical (unpaired) electrons. The van der Waals surface area contributed by atoms with E-state index in [-0.39, 0.29) is 29.3 Å². The molecular weight excluding hydrogens is 352 g/mol. The molecule has 1 N–H and O–H groups in total. The maximum absolute atomic E-state index is 11.4. The van der Waals surface area contributed by atoms with Gasteiger partial charge in [-0.2, -0.15) is 0 Å². The molecule has 6 heteroatoms. The van der Waals surface area contributed by atoms with Gasteiger partial charge in [0.2, 0.25) is 0 Å². The highest BCUT2D eigenvalue weighted by molar-refractivity contribution is 6.32. The van der Waals surface area contributed by atoms with Crippen molar-refractivity contribution in [3.05, 3.63) is 74.3 Å². The van der Waals surface area contributed by atoms with Crippen molar-refractivity contribution in [1.29, 1.82) is 0 Å². The smallest absolute Gasteiger partial charge is 0.311 e. The summed E-state index contributed by atoms with van der Waals surface area (Å²) >= 11 is 6.50. The molecular formula is C20H19ClN2O3. The summed E-state index contributed by atoms with van der Waals surface area (Å²) in [5, 5.41) is 15.8. The summed E-state index contributed by atoms with van der Waals surface area (Å²) in [6.45, 7) is 2.05. The Morgan fingerprint density at radius 3 is 2.85 bits per heavy atom. The molecule has 0 saturated carbocycles. The van der Waals surface area contributed by atoms with Crippen LogP contribution in [0.4, 0.5) is 11.4 Å². The number of nitro groups is 1. The number of allylic oxidation sites excluding steroid dienone is 2. The standard InChI is InChI=1S/C20H19ClN2O3/c1-11-6-8-15(21)18-13-4-3-5-14(13)20(22-19(11)18)12-7-9-17(26-2)16(10-12)23(24)25/h3-4,6-10,13-14,20,22H,5H2,1-2H3/t13-,14-,20-/m1/s1. The van der Waals surface area contributed by atoms with E-state index in [4.69, 9.17) is 16.3 Å². The molecule has 3 atom stereocenters. The number of benzene rings is 2. The van der Waals surface area contributed by atoms with Crippen molar-refractivity contribution in [2.45, 2.75) is 25.3 Å². The number of halogens is 1. The highest BCUT2D eigenvalue weighted by atomic mass is 35.5. The third-order valence-electron chi connectivity index (χ3n) is 5.43. The first-order chi connectivity index (χ1) is 12.5. The van der Waals surface area contributed by atoms with E-state index in [1.807, 2.05) is 18.2 Å². The van der Waals surface area contributed by atoms with Crippen LogP contribution in [-0.4, -0.2) is 12.0 Å². The lowest BCUT2D eigenvalue weighted by atomic mass is 9.76. The van der Waals surface area contributed by atoms with E-state index in [9.17, 15) is 10.1 Å². The highest BCUT2D eigenvalue weighted by Crippen LogP contribution is 2.53. The van der Waals surface area contributed by atoms with Gasteiger partial charge in [0.15, 0.2) is 5.75 Å². The lowest BCUT2D eigenvalue weighted by Crippen LogP contribution is -2.29. The van der Waals surface area contributed by atoms with Crippen molar-refractivity contribution in [3.8, 4) is 5.75 Å². The van der Waals surface area contributed by atoms with Crippen LogP contribution in [0.2, 0.25) is 5.02 Å². The van der Waals surface area contributed by atoms with Crippen LogP contribution < -0.4 is 10.1 Å². The van der Waals surface area contributed by atoms with Crippen molar-refractivity contribution in [3.63, 3.8) is 0 Å². The maximum Gasteiger partial charge on any atom is 0.311 e. The van der Waals surface area contributed by atoms with Crippen LogP contribution in [-0.2, 0) is 0 Å². The van der Waals surface area contributed by atoms with Gasteiger partial charge in [0, 0.05) is 28.3 Å². The fourth-order valence-corrected chi connectivity index (χ4v) is 4.47. The minimum atomic E-state index is -0.397. The fraction of sp³-hybridized carbons (Fsp3) is 0.300. The monoisotopic (exact) mass is 370 g/mol. The third-order valence-corrected chi connectivity index (χ3v) is 5.76. The molecule has 1 heterocycles. The first-order valence-electron chi connectivity index (χ1n) is 8.55. The van der Waals surface area contributed by atoms with Gasteiger partial charge in [-0.05, 0) is 42.5 Å². The molecule has 0 amide bonds. The number of hydrogen-bond donors (Lipinski definition) is 1. The molecule has 134 valence electrons. The summed E-state index contributed by atoms with van der Waals surface area (Å²) < 4.78 is 5.13. The van der Waals surface area contributed by atoms with Gasteiger partial charge in [0.1, 0.15) is 0 Å². The van der Waals surface area contributed by atoms with Crippen LogP contribution in [0.1, 0.15) is 35.1 Å². The number of ether oxygens (including phenoxy) is 1. The number of nitrogens with zero attached hydrogens (tertiary/aromatic N) is 1. The predicted octanol–water partition coefficient (Wildman–Crippen LogP) is 5.39. The molecule has 0 saturated heterocycles. The van der Waals surface area contributed by atoms with Gasteiger partial charge in [0.25, 0.3) is 0 Å². The summed E-state index contributed by atoms with van der Waals surface area (Å²) in [4.78, 5) is 11.0. The molecule has 2 aromatic rings.